The molecule has 0 spiro atoms. The van der Waals surface area contributed by atoms with Crippen LogP contribution in [0.2, 0.25) is 0 Å². The Morgan fingerprint density at radius 3 is 2.65 bits per heavy atom. The van der Waals surface area contributed by atoms with E-state index in [0.29, 0.717) is 17.4 Å². The van der Waals surface area contributed by atoms with Crippen molar-refractivity contribution < 1.29 is 9.32 Å². The molecule has 0 saturated carbocycles. The lowest BCUT2D eigenvalue weighted by atomic mass is 10.1. The Balaban J connectivity index is 2.25. The largest absolute Gasteiger partial charge is 0.387 e. The molecule has 0 aliphatic heterocycles. The van der Waals surface area contributed by atoms with E-state index < -0.39 is 5.54 Å². The zero-order chi connectivity index (χ0) is 14.8. The summed E-state index contributed by atoms with van der Waals surface area (Å²) in [5.41, 5.74) is 0.784. The van der Waals surface area contributed by atoms with Crippen molar-refractivity contribution in [3.05, 3.63) is 24.2 Å². The second-order valence-electron chi connectivity index (χ2n) is 4.91. The van der Waals surface area contributed by atoms with Gasteiger partial charge in [0, 0.05) is 14.0 Å². The number of carbonyl (C=O) groups excluding carboxylic acids is 1. The number of hydrogen-bond acceptors (Lipinski definition) is 6. The van der Waals surface area contributed by atoms with Crippen molar-refractivity contribution >= 4 is 11.6 Å². The summed E-state index contributed by atoms with van der Waals surface area (Å²) < 4.78 is 5.20. The highest BCUT2D eigenvalue weighted by atomic mass is 16.5. The normalized spacial score (nSPS) is 11.2. The second kappa shape index (κ2) is 5.28. The molecule has 0 radical (unpaired) electrons. The van der Waals surface area contributed by atoms with Gasteiger partial charge in [0.2, 0.25) is 5.91 Å². The fourth-order valence-electron chi connectivity index (χ4n) is 1.75. The molecule has 2 N–H and O–H groups in total. The van der Waals surface area contributed by atoms with Gasteiger partial charge in [0.1, 0.15) is 5.69 Å². The lowest BCUT2D eigenvalue weighted by Gasteiger charge is -2.20. The average Bonchev–Trinajstić information content (AvgIpc) is 2.88. The van der Waals surface area contributed by atoms with Gasteiger partial charge in [-0.2, -0.15) is 4.98 Å². The van der Waals surface area contributed by atoms with Crippen molar-refractivity contribution in [3.63, 3.8) is 0 Å². The molecule has 2 rings (SSSR count). The maximum absolute atomic E-state index is 11.2. The van der Waals surface area contributed by atoms with Crippen molar-refractivity contribution in [2.24, 2.45) is 0 Å². The number of aromatic nitrogens is 3. The number of pyridine rings is 1. The summed E-state index contributed by atoms with van der Waals surface area (Å²) >= 11 is 0. The first-order valence-corrected chi connectivity index (χ1v) is 6.19. The fourth-order valence-corrected chi connectivity index (χ4v) is 1.75. The number of nitrogens with zero attached hydrogens (tertiary/aromatic N) is 3. The van der Waals surface area contributed by atoms with Crippen molar-refractivity contribution in [3.8, 4) is 11.6 Å². The summed E-state index contributed by atoms with van der Waals surface area (Å²) in [5, 5.41) is 9.65. The minimum atomic E-state index is -0.696. The predicted octanol–water partition coefficient (Wildman–Crippen LogP) is 1.54. The van der Waals surface area contributed by atoms with Crippen LogP contribution in [0.15, 0.2) is 22.9 Å². The monoisotopic (exact) mass is 275 g/mol. The summed E-state index contributed by atoms with van der Waals surface area (Å²) in [6.45, 7) is 5.06. The Labute approximate surface area is 116 Å². The smallest absolute Gasteiger partial charge is 0.276 e. The van der Waals surface area contributed by atoms with Crippen LogP contribution in [0.3, 0.4) is 0 Å². The minimum absolute atomic E-state index is 0.155. The molecule has 0 aliphatic rings. The molecule has 7 nitrogen and oxygen atoms in total. The molecule has 0 unspecified atom stereocenters. The van der Waals surface area contributed by atoms with E-state index in [1.54, 1.807) is 26.1 Å². The molecule has 2 aromatic rings. The molecule has 0 saturated heterocycles. The van der Waals surface area contributed by atoms with Gasteiger partial charge >= 0.3 is 0 Å². The molecule has 2 aromatic heterocycles. The zero-order valence-corrected chi connectivity index (χ0v) is 11.9. The Bertz CT molecular complexity index is 603. The average molecular weight is 275 g/mol. The highest BCUT2D eigenvalue weighted by molar-refractivity contribution is 5.73. The maximum atomic E-state index is 11.2. The molecule has 0 aliphatic carbocycles. The molecule has 20 heavy (non-hydrogen) atoms. The van der Waals surface area contributed by atoms with Crippen molar-refractivity contribution in [1.29, 1.82) is 0 Å². The number of rotatable bonds is 4. The van der Waals surface area contributed by atoms with E-state index in [1.165, 1.54) is 6.92 Å². The minimum Gasteiger partial charge on any atom is -0.387 e. The van der Waals surface area contributed by atoms with E-state index in [4.69, 9.17) is 4.52 Å². The lowest BCUT2D eigenvalue weighted by Crippen LogP contribution is -2.40. The van der Waals surface area contributed by atoms with Gasteiger partial charge in [0.25, 0.3) is 5.89 Å². The van der Waals surface area contributed by atoms with Crippen molar-refractivity contribution in [1.82, 2.24) is 20.4 Å². The molecule has 0 fully saturated rings. The van der Waals surface area contributed by atoms with Crippen LogP contribution in [-0.2, 0) is 10.3 Å². The summed E-state index contributed by atoms with van der Waals surface area (Å²) in [4.78, 5) is 19.7. The molecule has 1 amide bonds. The van der Waals surface area contributed by atoms with Crippen LogP contribution < -0.4 is 10.6 Å². The van der Waals surface area contributed by atoms with Gasteiger partial charge in [-0.3, -0.25) is 4.79 Å². The third kappa shape index (κ3) is 2.93. The SMILES string of the molecule is CNc1ccc(-c2nc(C(C)(C)NC(C)=O)no2)nc1. The van der Waals surface area contributed by atoms with Crippen LogP contribution >= 0.6 is 0 Å². The predicted molar refractivity (Wildman–Crippen MR) is 73.9 cm³/mol. The first kappa shape index (κ1) is 14.0. The van der Waals surface area contributed by atoms with E-state index >= 15 is 0 Å². The van der Waals surface area contributed by atoms with Gasteiger partial charge in [-0.05, 0) is 26.0 Å². The van der Waals surface area contributed by atoms with Crippen LogP contribution in [-0.4, -0.2) is 28.1 Å². The molecule has 0 atom stereocenters. The Morgan fingerprint density at radius 2 is 2.10 bits per heavy atom. The van der Waals surface area contributed by atoms with Crippen molar-refractivity contribution in [2.75, 3.05) is 12.4 Å². The summed E-state index contributed by atoms with van der Waals surface area (Å²) in [6, 6.07) is 3.65. The summed E-state index contributed by atoms with van der Waals surface area (Å²) in [5.74, 6) is 0.570. The van der Waals surface area contributed by atoms with Gasteiger partial charge in [0.15, 0.2) is 5.82 Å². The van der Waals surface area contributed by atoms with Crippen LogP contribution in [0, 0.1) is 0 Å². The highest BCUT2D eigenvalue weighted by Crippen LogP contribution is 2.21. The second-order valence-corrected chi connectivity index (χ2v) is 4.91. The zero-order valence-electron chi connectivity index (χ0n) is 11.9. The van der Waals surface area contributed by atoms with E-state index in [9.17, 15) is 4.79 Å². The van der Waals surface area contributed by atoms with Gasteiger partial charge in [-0.25, -0.2) is 4.98 Å². The Morgan fingerprint density at radius 1 is 1.35 bits per heavy atom. The lowest BCUT2D eigenvalue weighted by molar-refractivity contribution is -0.120. The quantitative estimate of drug-likeness (QED) is 0.879. The van der Waals surface area contributed by atoms with Gasteiger partial charge in [0.05, 0.1) is 17.4 Å². The molecule has 0 bridgehead atoms. The van der Waals surface area contributed by atoms with E-state index in [-0.39, 0.29) is 5.91 Å². The topological polar surface area (TPSA) is 92.9 Å². The molecule has 106 valence electrons. The summed E-state index contributed by atoms with van der Waals surface area (Å²) in [7, 11) is 1.82. The van der Waals surface area contributed by atoms with Crippen LogP contribution in [0.5, 0.6) is 0 Å². The van der Waals surface area contributed by atoms with Gasteiger partial charge < -0.3 is 15.2 Å². The number of hydrogen-bond donors (Lipinski definition) is 2. The van der Waals surface area contributed by atoms with E-state index in [1.807, 2.05) is 13.1 Å². The van der Waals surface area contributed by atoms with Crippen LogP contribution in [0.1, 0.15) is 26.6 Å². The Kier molecular flexibility index (Phi) is 3.69. The van der Waals surface area contributed by atoms with E-state index in [0.717, 1.165) is 5.69 Å². The third-order valence-corrected chi connectivity index (χ3v) is 2.74. The molecule has 2 heterocycles. The van der Waals surface area contributed by atoms with Crippen LogP contribution in [0.25, 0.3) is 11.6 Å². The van der Waals surface area contributed by atoms with Gasteiger partial charge in [-0.15, -0.1) is 0 Å². The first-order chi connectivity index (χ1) is 9.42. The highest BCUT2D eigenvalue weighted by Gasteiger charge is 2.28. The van der Waals surface area contributed by atoms with Crippen molar-refractivity contribution in [2.45, 2.75) is 26.3 Å². The molecular formula is C13H17N5O2. The standard InChI is InChI=1S/C13H17N5O2/c1-8(19)17-13(2,3)12-16-11(20-18-12)10-6-5-9(14-4)7-15-10/h5-7,14H,1-4H3,(H,17,19). The Hall–Kier alpha value is -2.44. The maximum Gasteiger partial charge on any atom is 0.276 e. The van der Waals surface area contributed by atoms with Gasteiger partial charge in [-0.1, -0.05) is 5.16 Å². The molecule has 7 heteroatoms. The number of carbonyl (C=O) groups is 1. The summed E-state index contributed by atoms with van der Waals surface area (Å²) in [6.07, 6.45) is 1.68. The van der Waals surface area contributed by atoms with Crippen LogP contribution in [0.4, 0.5) is 5.69 Å². The molecular weight excluding hydrogens is 258 g/mol. The molecule has 0 aromatic carbocycles. The number of anilines is 1. The third-order valence-electron chi connectivity index (χ3n) is 2.74. The number of amides is 1. The van der Waals surface area contributed by atoms with E-state index in [2.05, 4.69) is 25.8 Å². The fraction of sp³-hybridized carbons (Fsp3) is 0.385. The first-order valence-electron chi connectivity index (χ1n) is 6.19. The number of nitrogens with one attached hydrogen (secondary N) is 2.